The molecule has 0 spiro atoms. The van der Waals surface area contributed by atoms with Gasteiger partial charge in [-0.2, -0.15) is 0 Å². The van der Waals surface area contributed by atoms with E-state index >= 15 is 0 Å². The lowest BCUT2D eigenvalue weighted by Gasteiger charge is -2.32. The van der Waals surface area contributed by atoms with Crippen LogP contribution in [0.15, 0.2) is 36.4 Å². The van der Waals surface area contributed by atoms with Crippen LogP contribution in [0.2, 0.25) is 5.02 Å². The predicted octanol–water partition coefficient (Wildman–Crippen LogP) is 3.25. The summed E-state index contributed by atoms with van der Waals surface area (Å²) in [5.41, 5.74) is 1.30. The maximum Gasteiger partial charge on any atom is 0.341 e. The summed E-state index contributed by atoms with van der Waals surface area (Å²) in [4.78, 5) is 54.6. The molecule has 232 valence electrons. The summed E-state index contributed by atoms with van der Waals surface area (Å²) >= 11 is 6.26. The average molecular weight is 617 g/mol. The molecule has 4 rings (SSSR count). The topological polar surface area (TPSA) is 128 Å². The third kappa shape index (κ3) is 8.67. The van der Waals surface area contributed by atoms with Gasteiger partial charge >= 0.3 is 5.97 Å². The number of nitrogens with zero attached hydrogens (tertiary/aromatic N) is 2. The Bertz CT molecular complexity index is 1360. The second-order valence-electron chi connectivity index (χ2n) is 11.4. The fourth-order valence-corrected chi connectivity index (χ4v) is 5.66. The van der Waals surface area contributed by atoms with Crippen LogP contribution in [0, 0.1) is 11.7 Å². The van der Waals surface area contributed by atoms with Gasteiger partial charge in [0.15, 0.2) is 6.61 Å². The lowest BCUT2D eigenvalue weighted by Crippen LogP contribution is -2.53. The number of carbonyl (C=O) groups is 4. The molecular formula is C31H38ClFN4O6. The molecule has 0 radical (unpaired) electrons. The number of fused-ring (bicyclic) bond motifs is 3. The van der Waals surface area contributed by atoms with Crippen LogP contribution in [0.3, 0.4) is 0 Å². The quantitative estimate of drug-likeness (QED) is 0.455. The first-order chi connectivity index (χ1) is 20.5. The third-order valence-electron chi connectivity index (χ3n) is 7.76. The molecule has 0 saturated carbocycles. The first-order valence-electron chi connectivity index (χ1n) is 14.5. The van der Waals surface area contributed by atoms with E-state index in [1.807, 2.05) is 18.7 Å². The first-order valence-corrected chi connectivity index (χ1v) is 14.9. The summed E-state index contributed by atoms with van der Waals surface area (Å²) < 4.78 is 20.3. The number of carboxylic acids is 1. The molecule has 1 fully saturated rings. The Hall–Kier alpha value is -3.70. The van der Waals surface area contributed by atoms with Gasteiger partial charge in [0.1, 0.15) is 17.6 Å². The molecule has 2 bridgehead atoms. The van der Waals surface area contributed by atoms with Crippen LogP contribution in [-0.4, -0.2) is 83.5 Å². The van der Waals surface area contributed by atoms with Gasteiger partial charge in [0.05, 0.1) is 12.1 Å². The molecule has 2 atom stereocenters. The van der Waals surface area contributed by atoms with Crippen LogP contribution in [-0.2, 0) is 27.3 Å². The molecule has 2 aliphatic rings. The van der Waals surface area contributed by atoms with Gasteiger partial charge in [-0.25, -0.2) is 9.18 Å². The minimum absolute atomic E-state index is 0.00128. The van der Waals surface area contributed by atoms with Crippen molar-refractivity contribution in [2.24, 2.45) is 5.92 Å². The standard InChI is InChI=1S/C31H38ClFN4O6/c1-19(2)25-16-36(15-21-14-22(32)8-10-27(21)43-18-29(39)40)17-28(38)34-11-3-5-20-7-9-24(33)23(13-20)31(42)37-12-4-6-26(37)30(41)35-25/h7-10,13-14,19,25-26H,3-6,11-12,15-18H2,1-2H3,(H,34,38)(H,35,41)(H,39,40)/t25-,26-/m0/s1. The van der Waals surface area contributed by atoms with Gasteiger partial charge in [0.25, 0.3) is 5.91 Å². The van der Waals surface area contributed by atoms with Crippen LogP contribution in [0.1, 0.15) is 54.6 Å². The number of hydrogen-bond acceptors (Lipinski definition) is 6. The molecule has 3 amide bonds. The molecule has 2 aliphatic heterocycles. The predicted molar refractivity (Wildman–Crippen MR) is 158 cm³/mol. The maximum absolute atomic E-state index is 14.8. The van der Waals surface area contributed by atoms with Crippen molar-refractivity contribution in [3.05, 3.63) is 63.9 Å². The average Bonchev–Trinajstić information content (AvgIpc) is 3.44. The van der Waals surface area contributed by atoms with Crippen LogP contribution in [0.25, 0.3) is 0 Å². The molecule has 1 saturated heterocycles. The molecule has 0 aliphatic carbocycles. The number of ether oxygens (including phenoxy) is 1. The Labute approximate surface area is 255 Å². The van der Waals surface area contributed by atoms with Gasteiger partial charge < -0.3 is 25.4 Å². The lowest BCUT2D eigenvalue weighted by molar-refractivity contribution is -0.139. The molecule has 12 heteroatoms. The minimum Gasteiger partial charge on any atom is -0.482 e. The van der Waals surface area contributed by atoms with Gasteiger partial charge in [-0.3, -0.25) is 19.3 Å². The number of aryl methyl sites for hydroxylation is 1. The van der Waals surface area contributed by atoms with E-state index in [1.54, 1.807) is 30.3 Å². The second-order valence-corrected chi connectivity index (χ2v) is 11.8. The highest BCUT2D eigenvalue weighted by Gasteiger charge is 2.37. The fourth-order valence-electron chi connectivity index (χ4n) is 5.47. The SMILES string of the molecule is CC(C)[C@@H]1CN(Cc2cc(Cl)ccc2OCC(=O)O)CC(=O)NCCCc2ccc(F)c(c2)C(=O)N2CCC[C@H]2C(=O)N1. The third-order valence-corrected chi connectivity index (χ3v) is 8.00. The molecule has 10 nitrogen and oxygen atoms in total. The smallest absolute Gasteiger partial charge is 0.341 e. The zero-order valence-corrected chi connectivity index (χ0v) is 25.2. The Morgan fingerprint density at radius 1 is 1.16 bits per heavy atom. The Morgan fingerprint density at radius 3 is 2.70 bits per heavy atom. The van der Waals surface area contributed by atoms with Crippen molar-refractivity contribution in [1.29, 1.82) is 0 Å². The van der Waals surface area contributed by atoms with Crippen molar-refractivity contribution in [3.8, 4) is 5.75 Å². The van der Waals surface area contributed by atoms with Crippen LogP contribution < -0.4 is 15.4 Å². The Kier molecular flexibility index (Phi) is 11.0. The van der Waals surface area contributed by atoms with Crippen molar-refractivity contribution in [3.63, 3.8) is 0 Å². The summed E-state index contributed by atoms with van der Waals surface area (Å²) in [5.74, 6) is -2.54. The maximum atomic E-state index is 14.8. The molecule has 43 heavy (non-hydrogen) atoms. The van der Waals surface area contributed by atoms with Crippen molar-refractivity contribution in [2.45, 2.75) is 58.2 Å². The lowest BCUT2D eigenvalue weighted by atomic mass is 10.0. The normalized spacial score (nSPS) is 20.8. The van der Waals surface area contributed by atoms with E-state index in [2.05, 4.69) is 10.6 Å². The molecule has 0 aromatic heterocycles. The zero-order valence-electron chi connectivity index (χ0n) is 24.4. The Balaban J connectivity index is 1.63. The second kappa shape index (κ2) is 14.7. The van der Waals surface area contributed by atoms with Gasteiger partial charge in [0.2, 0.25) is 11.8 Å². The van der Waals surface area contributed by atoms with E-state index in [0.29, 0.717) is 55.1 Å². The number of rotatable bonds is 6. The molecule has 0 unspecified atom stereocenters. The van der Waals surface area contributed by atoms with E-state index < -0.39 is 36.4 Å². The van der Waals surface area contributed by atoms with Crippen molar-refractivity contribution < 1.29 is 33.4 Å². The summed E-state index contributed by atoms with van der Waals surface area (Å²) in [6.07, 6.45) is 2.18. The van der Waals surface area contributed by atoms with Crippen molar-refractivity contribution in [1.82, 2.24) is 20.4 Å². The van der Waals surface area contributed by atoms with E-state index in [0.717, 1.165) is 5.56 Å². The number of benzene rings is 2. The fraction of sp³-hybridized carbons (Fsp3) is 0.484. The van der Waals surface area contributed by atoms with E-state index in [1.165, 1.54) is 11.0 Å². The van der Waals surface area contributed by atoms with E-state index in [9.17, 15) is 23.6 Å². The number of aliphatic carboxylic acids is 1. The largest absolute Gasteiger partial charge is 0.482 e. The number of nitrogens with one attached hydrogen (secondary N) is 2. The first kappa shape index (κ1) is 32.2. The van der Waals surface area contributed by atoms with Crippen molar-refractivity contribution in [2.75, 3.05) is 32.8 Å². The van der Waals surface area contributed by atoms with Gasteiger partial charge in [-0.15, -0.1) is 0 Å². The highest BCUT2D eigenvalue weighted by atomic mass is 35.5. The molecular weight excluding hydrogens is 579 g/mol. The summed E-state index contributed by atoms with van der Waals surface area (Å²) in [7, 11) is 0. The molecule has 2 heterocycles. The zero-order chi connectivity index (χ0) is 31.1. The summed E-state index contributed by atoms with van der Waals surface area (Å²) in [6.45, 7) is 4.55. The molecule has 2 aromatic rings. The van der Waals surface area contributed by atoms with Gasteiger partial charge in [-0.1, -0.05) is 31.5 Å². The van der Waals surface area contributed by atoms with Crippen molar-refractivity contribution >= 4 is 35.3 Å². The van der Waals surface area contributed by atoms with E-state index in [4.69, 9.17) is 21.4 Å². The molecule has 3 N–H and O–H groups in total. The number of amides is 3. The Morgan fingerprint density at radius 2 is 1.95 bits per heavy atom. The number of hydrogen-bond donors (Lipinski definition) is 3. The monoisotopic (exact) mass is 616 g/mol. The highest BCUT2D eigenvalue weighted by molar-refractivity contribution is 6.30. The minimum atomic E-state index is -1.13. The van der Waals surface area contributed by atoms with Crippen LogP contribution in [0.4, 0.5) is 4.39 Å². The summed E-state index contributed by atoms with van der Waals surface area (Å²) in [6, 6.07) is 8.14. The molecule has 2 aromatic carbocycles. The summed E-state index contributed by atoms with van der Waals surface area (Å²) in [5, 5.41) is 15.5. The van der Waals surface area contributed by atoms with Gasteiger partial charge in [0, 0.05) is 42.8 Å². The number of carboxylic acid groups (broad SMARTS) is 1. The van der Waals surface area contributed by atoms with Crippen LogP contribution in [0.5, 0.6) is 5.75 Å². The van der Waals surface area contributed by atoms with Crippen LogP contribution >= 0.6 is 11.6 Å². The number of carbonyl (C=O) groups excluding carboxylic acids is 3. The van der Waals surface area contributed by atoms with Gasteiger partial charge in [-0.05, 0) is 67.5 Å². The van der Waals surface area contributed by atoms with E-state index in [-0.39, 0.29) is 42.9 Å². The highest BCUT2D eigenvalue weighted by Crippen LogP contribution is 2.26. The number of halogens is 2.